The van der Waals surface area contributed by atoms with Gasteiger partial charge in [0, 0.05) is 24.7 Å². The topological polar surface area (TPSA) is 38.3 Å². The fraction of sp³-hybridized carbons (Fsp3) is 0.500. The lowest BCUT2D eigenvalue weighted by Crippen LogP contribution is -2.01. The zero-order valence-electron chi connectivity index (χ0n) is 10.7. The largest absolute Gasteiger partial charge is 0.497 e. The lowest BCUT2D eigenvalue weighted by Gasteiger charge is -2.07. The maximum absolute atomic E-state index is 10.7. The Bertz CT molecular complexity index is 350. The zero-order chi connectivity index (χ0) is 12.5. The summed E-state index contributed by atoms with van der Waals surface area (Å²) in [6, 6.07) is 7.91. The lowest BCUT2D eigenvalue weighted by molar-refractivity contribution is -0.117. The van der Waals surface area contributed by atoms with Crippen LogP contribution in [0.2, 0.25) is 0 Å². The SMILES string of the molecule is COc1cccc(NCCCCCC(C)=O)c1. The van der Waals surface area contributed by atoms with Crippen LogP contribution in [0.25, 0.3) is 0 Å². The molecule has 94 valence electrons. The minimum Gasteiger partial charge on any atom is -0.497 e. The molecule has 0 aliphatic carbocycles. The van der Waals surface area contributed by atoms with Gasteiger partial charge in [-0.2, -0.15) is 0 Å². The number of methoxy groups -OCH3 is 1. The summed E-state index contributed by atoms with van der Waals surface area (Å²) in [5.74, 6) is 1.15. The van der Waals surface area contributed by atoms with Crippen LogP contribution in [0.5, 0.6) is 5.75 Å². The van der Waals surface area contributed by atoms with Crippen LogP contribution < -0.4 is 10.1 Å². The van der Waals surface area contributed by atoms with E-state index < -0.39 is 0 Å². The van der Waals surface area contributed by atoms with Gasteiger partial charge >= 0.3 is 0 Å². The third-order valence-corrected chi connectivity index (χ3v) is 2.60. The Morgan fingerprint density at radius 1 is 1.29 bits per heavy atom. The van der Waals surface area contributed by atoms with Crippen LogP contribution >= 0.6 is 0 Å². The van der Waals surface area contributed by atoms with Gasteiger partial charge in [-0.25, -0.2) is 0 Å². The van der Waals surface area contributed by atoms with E-state index in [9.17, 15) is 4.79 Å². The number of carbonyl (C=O) groups is 1. The number of ether oxygens (including phenoxy) is 1. The van der Waals surface area contributed by atoms with E-state index >= 15 is 0 Å². The Morgan fingerprint density at radius 3 is 2.82 bits per heavy atom. The van der Waals surface area contributed by atoms with E-state index in [4.69, 9.17) is 4.74 Å². The molecular weight excluding hydrogens is 214 g/mol. The van der Waals surface area contributed by atoms with Gasteiger partial charge in [0.15, 0.2) is 0 Å². The second kappa shape index (κ2) is 7.71. The fourth-order valence-corrected chi connectivity index (χ4v) is 1.64. The summed E-state index contributed by atoms with van der Waals surface area (Å²) in [6.07, 6.45) is 3.88. The molecule has 0 amide bonds. The zero-order valence-corrected chi connectivity index (χ0v) is 10.7. The molecule has 0 fully saturated rings. The van der Waals surface area contributed by atoms with E-state index in [0.717, 1.165) is 37.2 Å². The standard InChI is InChI=1S/C14H21NO2/c1-12(16)7-4-3-5-10-15-13-8-6-9-14(11-13)17-2/h6,8-9,11,15H,3-5,7,10H2,1-2H3. The number of nitrogens with one attached hydrogen (secondary N) is 1. The fourth-order valence-electron chi connectivity index (χ4n) is 1.64. The van der Waals surface area contributed by atoms with Crippen molar-refractivity contribution in [2.75, 3.05) is 19.0 Å². The van der Waals surface area contributed by atoms with Crippen LogP contribution in [0.4, 0.5) is 5.69 Å². The molecule has 0 aliphatic rings. The van der Waals surface area contributed by atoms with E-state index in [2.05, 4.69) is 5.32 Å². The molecule has 1 aromatic rings. The first-order valence-corrected chi connectivity index (χ1v) is 6.09. The highest BCUT2D eigenvalue weighted by atomic mass is 16.5. The number of hydrogen-bond acceptors (Lipinski definition) is 3. The van der Waals surface area contributed by atoms with Crippen molar-refractivity contribution >= 4 is 11.5 Å². The summed E-state index contributed by atoms with van der Waals surface area (Å²) >= 11 is 0. The summed E-state index contributed by atoms with van der Waals surface area (Å²) in [5.41, 5.74) is 1.08. The maximum atomic E-state index is 10.7. The Labute approximate surface area is 103 Å². The summed E-state index contributed by atoms with van der Waals surface area (Å²) in [4.78, 5) is 10.7. The first-order chi connectivity index (χ1) is 8.22. The Morgan fingerprint density at radius 2 is 2.12 bits per heavy atom. The molecule has 3 nitrogen and oxygen atoms in total. The van der Waals surface area contributed by atoms with Gasteiger partial charge in [-0.1, -0.05) is 12.5 Å². The van der Waals surface area contributed by atoms with Gasteiger partial charge in [0.05, 0.1) is 7.11 Å². The van der Waals surface area contributed by atoms with Gasteiger partial charge in [-0.3, -0.25) is 0 Å². The first kappa shape index (κ1) is 13.6. The Kier molecular flexibility index (Phi) is 6.15. The number of Topliss-reactive ketones (excluding diaryl/α,β-unsaturated/α-hetero) is 1. The van der Waals surface area contributed by atoms with Crippen LogP contribution in [-0.2, 0) is 4.79 Å². The highest BCUT2D eigenvalue weighted by Crippen LogP contribution is 2.16. The molecule has 0 atom stereocenters. The third-order valence-electron chi connectivity index (χ3n) is 2.60. The van der Waals surface area contributed by atoms with E-state index in [-0.39, 0.29) is 5.78 Å². The minimum atomic E-state index is 0.283. The van der Waals surface area contributed by atoms with Crippen molar-refractivity contribution in [2.45, 2.75) is 32.6 Å². The van der Waals surface area contributed by atoms with E-state index in [1.54, 1.807) is 14.0 Å². The lowest BCUT2D eigenvalue weighted by atomic mass is 10.1. The second-order valence-corrected chi connectivity index (χ2v) is 4.17. The molecule has 0 saturated carbocycles. The number of ketones is 1. The van der Waals surface area contributed by atoms with Gasteiger partial charge in [-0.15, -0.1) is 0 Å². The smallest absolute Gasteiger partial charge is 0.129 e. The number of rotatable bonds is 8. The second-order valence-electron chi connectivity index (χ2n) is 4.17. The van der Waals surface area contributed by atoms with Gasteiger partial charge in [0.2, 0.25) is 0 Å². The van der Waals surface area contributed by atoms with Crippen molar-refractivity contribution in [3.63, 3.8) is 0 Å². The predicted molar refractivity (Wildman–Crippen MR) is 70.6 cm³/mol. The highest BCUT2D eigenvalue weighted by molar-refractivity contribution is 5.75. The van der Waals surface area contributed by atoms with Crippen LogP contribution in [0, 0.1) is 0 Å². The summed E-state index contributed by atoms with van der Waals surface area (Å²) in [5, 5.41) is 3.34. The molecule has 0 bridgehead atoms. The van der Waals surface area contributed by atoms with Crippen LogP contribution in [-0.4, -0.2) is 19.4 Å². The van der Waals surface area contributed by atoms with Crippen molar-refractivity contribution in [1.29, 1.82) is 0 Å². The van der Waals surface area contributed by atoms with E-state index in [0.29, 0.717) is 6.42 Å². The van der Waals surface area contributed by atoms with Crippen LogP contribution in [0.15, 0.2) is 24.3 Å². The maximum Gasteiger partial charge on any atom is 0.129 e. The van der Waals surface area contributed by atoms with Crippen molar-refractivity contribution in [2.24, 2.45) is 0 Å². The van der Waals surface area contributed by atoms with Crippen molar-refractivity contribution in [3.8, 4) is 5.75 Å². The van der Waals surface area contributed by atoms with Gasteiger partial charge in [0.25, 0.3) is 0 Å². The molecule has 0 spiro atoms. The molecule has 3 heteroatoms. The van der Waals surface area contributed by atoms with Crippen LogP contribution in [0.3, 0.4) is 0 Å². The molecule has 0 heterocycles. The molecule has 1 aromatic carbocycles. The van der Waals surface area contributed by atoms with Gasteiger partial charge in [-0.05, 0) is 31.9 Å². The predicted octanol–water partition coefficient (Wildman–Crippen LogP) is 3.26. The number of unbranched alkanes of at least 4 members (excludes halogenated alkanes) is 2. The molecule has 17 heavy (non-hydrogen) atoms. The van der Waals surface area contributed by atoms with E-state index in [1.165, 1.54) is 0 Å². The van der Waals surface area contributed by atoms with Crippen molar-refractivity contribution in [1.82, 2.24) is 0 Å². The number of carbonyl (C=O) groups excluding carboxylic acids is 1. The molecule has 1 rings (SSSR count). The molecule has 0 radical (unpaired) electrons. The van der Waals surface area contributed by atoms with Crippen molar-refractivity contribution in [3.05, 3.63) is 24.3 Å². The highest BCUT2D eigenvalue weighted by Gasteiger charge is 1.96. The molecule has 0 aliphatic heterocycles. The van der Waals surface area contributed by atoms with E-state index in [1.807, 2.05) is 24.3 Å². The Balaban J connectivity index is 2.15. The van der Waals surface area contributed by atoms with Gasteiger partial charge in [0.1, 0.15) is 11.5 Å². The molecule has 0 saturated heterocycles. The van der Waals surface area contributed by atoms with Crippen molar-refractivity contribution < 1.29 is 9.53 Å². The summed E-state index contributed by atoms with van der Waals surface area (Å²) in [7, 11) is 1.67. The average Bonchev–Trinajstić information content (AvgIpc) is 2.33. The van der Waals surface area contributed by atoms with Gasteiger partial charge < -0.3 is 14.8 Å². The molecule has 0 unspecified atom stereocenters. The number of anilines is 1. The number of hydrogen-bond donors (Lipinski definition) is 1. The molecular formula is C14H21NO2. The number of benzene rings is 1. The monoisotopic (exact) mass is 235 g/mol. The third kappa shape index (κ3) is 5.95. The Hall–Kier alpha value is -1.51. The van der Waals surface area contributed by atoms with Crippen LogP contribution in [0.1, 0.15) is 32.6 Å². The first-order valence-electron chi connectivity index (χ1n) is 6.09. The molecule has 0 aromatic heterocycles. The quantitative estimate of drug-likeness (QED) is 0.703. The molecule has 1 N–H and O–H groups in total. The summed E-state index contributed by atoms with van der Waals surface area (Å²) in [6.45, 7) is 2.58. The average molecular weight is 235 g/mol. The summed E-state index contributed by atoms with van der Waals surface area (Å²) < 4.78 is 5.15. The minimum absolute atomic E-state index is 0.283. The normalized spacial score (nSPS) is 10.0.